The highest BCUT2D eigenvalue weighted by molar-refractivity contribution is 7.82. The van der Waals surface area contributed by atoms with E-state index in [0.29, 0.717) is 0 Å². The Hall–Kier alpha value is -1.08. The molecule has 1 aromatic rings. The quantitative estimate of drug-likeness (QED) is 0.648. The van der Waals surface area contributed by atoms with Crippen LogP contribution in [0.3, 0.4) is 0 Å². The highest BCUT2D eigenvalue weighted by atomic mass is 32.3. The molecule has 1 heterocycles. The highest BCUT2D eigenvalue weighted by Crippen LogP contribution is 1.91. The Morgan fingerprint density at radius 1 is 1.58 bits per heavy atom. The molecule has 0 atom stereocenters. The Morgan fingerprint density at radius 3 is 2.83 bits per heavy atom. The van der Waals surface area contributed by atoms with Crippen LogP contribution >= 0.6 is 0 Å². The summed E-state index contributed by atoms with van der Waals surface area (Å²) < 4.78 is 31.2. The topological polar surface area (TPSA) is 70.4 Å². The number of hydrogen-bond donors (Lipinski definition) is 0. The van der Waals surface area contributed by atoms with Gasteiger partial charge in [-0.15, -0.1) is 0 Å². The van der Waals surface area contributed by atoms with Crippen LogP contribution in [0.15, 0.2) is 18.7 Å². The second kappa shape index (κ2) is 3.55. The standard InChI is InChI=1S/C5H8N2O4S/c1-2-10-12(8,9)11-7-4-3-6-5-7/h3-5H,2H2,1H3. The lowest BCUT2D eigenvalue weighted by Crippen LogP contribution is -2.21. The Morgan fingerprint density at radius 2 is 2.33 bits per heavy atom. The van der Waals surface area contributed by atoms with E-state index >= 15 is 0 Å². The minimum atomic E-state index is -3.93. The van der Waals surface area contributed by atoms with Gasteiger partial charge in [-0.3, -0.25) is 4.28 Å². The number of imidazole rings is 1. The fourth-order valence-electron chi connectivity index (χ4n) is 0.562. The summed E-state index contributed by atoms with van der Waals surface area (Å²) in [5.74, 6) is 0. The van der Waals surface area contributed by atoms with Crippen molar-refractivity contribution in [3.8, 4) is 0 Å². The van der Waals surface area contributed by atoms with Crippen LogP contribution in [-0.2, 0) is 14.6 Å². The first-order valence-corrected chi connectivity index (χ1v) is 4.54. The zero-order chi connectivity index (χ0) is 9.03. The molecule has 0 spiro atoms. The van der Waals surface area contributed by atoms with Crippen LogP contribution in [0.1, 0.15) is 6.92 Å². The van der Waals surface area contributed by atoms with Crippen LogP contribution in [0, 0.1) is 0 Å². The molecule has 0 aromatic carbocycles. The minimum absolute atomic E-state index is 0.0387. The van der Waals surface area contributed by atoms with Crippen LogP contribution in [0.25, 0.3) is 0 Å². The largest absolute Gasteiger partial charge is 0.467 e. The van der Waals surface area contributed by atoms with Gasteiger partial charge >= 0.3 is 10.4 Å². The SMILES string of the molecule is CCOS(=O)(=O)On1ccnc1. The van der Waals surface area contributed by atoms with Gasteiger partial charge in [0.15, 0.2) is 0 Å². The predicted molar refractivity (Wildman–Crippen MR) is 39.4 cm³/mol. The molecular weight excluding hydrogens is 184 g/mol. The van der Waals surface area contributed by atoms with Crippen molar-refractivity contribution >= 4 is 10.4 Å². The van der Waals surface area contributed by atoms with Gasteiger partial charge in [-0.1, -0.05) is 0 Å². The summed E-state index contributed by atoms with van der Waals surface area (Å²) in [6.07, 6.45) is 3.94. The number of hydrogen-bond acceptors (Lipinski definition) is 5. The summed E-state index contributed by atoms with van der Waals surface area (Å²) >= 11 is 0. The third-order valence-corrected chi connectivity index (χ3v) is 1.80. The summed E-state index contributed by atoms with van der Waals surface area (Å²) in [5.41, 5.74) is 0. The van der Waals surface area contributed by atoms with Crippen molar-refractivity contribution in [1.29, 1.82) is 0 Å². The molecule has 0 saturated carbocycles. The molecule has 68 valence electrons. The Labute approximate surface area is 70.0 Å². The molecule has 1 aromatic heterocycles. The Kier molecular flexibility index (Phi) is 2.66. The average Bonchev–Trinajstić information content (AvgIpc) is 2.38. The molecular formula is C5H8N2O4S. The maximum Gasteiger partial charge on any atom is 0.467 e. The van der Waals surface area contributed by atoms with E-state index in [1.807, 2.05) is 0 Å². The van der Waals surface area contributed by atoms with Crippen LogP contribution < -0.4 is 4.28 Å². The van der Waals surface area contributed by atoms with Gasteiger partial charge in [0.25, 0.3) is 0 Å². The normalized spacial score (nSPS) is 11.4. The zero-order valence-corrected chi connectivity index (χ0v) is 7.19. The molecule has 0 N–H and O–H groups in total. The summed E-state index contributed by atoms with van der Waals surface area (Å²) in [6, 6.07) is 0. The van der Waals surface area contributed by atoms with Gasteiger partial charge in [-0.05, 0) is 6.92 Å². The molecule has 0 amide bonds. The molecule has 12 heavy (non-hydrogen) atoms. The smallest absolute Gasteiger partial charge is 0.265 e. The molecule has 6 nitrogen and oxygen atoms in total. The number of rotatable bonds is 4. The van der Waals surface area contributed by atoms with E-state index in [9.17, 15) is 8.42 Å². The fourth-order valence-corrected chi connectivity index (χ4v) is 1.19. The first kappa shape index (κ1) is 9.01. The van der Waals surface area contributed by atoms with Crippen molar-refractivity contribution in [3.05, 3.63) is 18.7 Å². The number of aromatic nitrogens is 2. The predicted octanol–water partition coefficient (Wildman–Crippen LogP) is -0.407. The maximum atomic E-state index is 10.8. The third kappa shape index (κ3) is 2.51. The van der Waals surface area contributed by atoms with Gasteiger partial charge in [-0.2, -0.15) is 13.1 Å². The summed E-state index contributed by atoms with van der Waals surface area (Å²) in [7, 11) is -3.93. The second-order valence-electron chi connectivity index (χ2n) is 1.81. The summed E-state index contributed by atoms with van der Waals surface area (Å²) in [5, 5.41) is 0. The van der Waals surface area contributed by atoms with Gasteiger partial charge in [0.05, 0.1) is 12.8 Å². The molecule has 0 saturated heterocycles. The lowest BCUT2D eigenvalue weighted by molar-refractivity contribution is 0.203. The minimum Gasteiger partial charge on any atom is -0.265 e. The third-order valence-electron chi connectivity index (χ3n) is 0.920. The Bertz CT molecular complexity index is 317. The highest BCUT2D eigenvalue weighted by Gasteiger charge is 2.11. The van der Waals surface area contributed by atoms with E-state index in [1.54, 1.807) is 6.92 Å². The molecule has 0 aliphatic rings. The molecule has 0 aliphatic heterocycles. The molecule has 0 radical (unpaired) electrons. The van der Waals surface area contributed by atoms with Crippen molar-refractivity contribution in [2.24, 2.45) is 0 Å². The van der Waals surface area contributed by atoms with Crippen LogP contribution in [0.5, 0.6) is 0 Å². The summed E-state index contributed by atoms with van der Waals surface area (Å²) in [4.78, 5) is 3.58. The lowest BCUT2D eigenvalue weighted by atomic mass is 10.9. The summed E-state index contributed by atoms with van der Waals surface area (Å²) in [6.45, 7) is 1.59. The van der Waals surface area contributed by atoms with E-state index in [0.717, 1.165) is 4.73 Å². The van der Waals surface area contributed by atoms with Crippen molar-refractivity contribution < 1.29 is 16.9 Å². The Balaban J connectivity index is 2.63. The van der Waals surface area contributed by atoms with Gasteiger partial charge in [0, 0.05) is 6.20 Å². The average molecular weight is 192 g/mol. The molecule has 0 unspecified atom stereocenters. The van der Waals surface area contributed by atoms with Crippen molar-refractivity contribution in [2.45, 2.75) is 6.92 Å². The molecule has 0 bridgehead atoms. The molecule has 1 rings (SSSR count). The van der Waals surface area contributed by atoms with E-state index in [1.165, 1.54) is 18.7 Å². The van der Waals surface area contributed by atoms with Crippen LogP contribution in [-0.4, -0.2) is 24.7 Å². The van der Waals surface area contributed by atoms with Crippen molar-refractivity contribution in [2.75, 3.05) is 6.61 Å². The molecule has 0 aliphatic carbocycles. The van der Waals surface area contributed by atoms with Gasteiger partial charge < -0.3 is 0 Å². The monoisotopic (exact) mass is 192 g/mol. The van der Waals surface area contributed by atoms with E-state index in [2.05, 4.69) is 13.5 Å². The fraction of sp³-hybridized carbons (Fsp3) is 0.400. The van der Waals surface area contributed by atoms with Crippen LogP contribution in [0.4, 0.5) is 0 Å². The van der Waals surface area contributed by atoms with Crippen molar-refractivity contribution in [1.82, 2.24) is 9.71 Å². The lowest BCUT2D eigenvalue weighted by Gasteiger charge is -2.03. The van der Waals surface area contributed by atoms with E-state index < -0.39 is 10.4 Å². The van der Waals surface area contributed by atoms with Gasteiger partial charge in [0.2, 0.25) is 0 Å². The molecule has 0 fully saturated rings. The van der Waals surface area contributed by atoms with Gasteiger partial charge in [-0.25, -0.2) is 9.17 Å². The molecule has 7 heteroatoms. The maximum absolute atomic E-state index is 10.8. The van der Waals surface area contributed by atoms with E-state index in [4.69, 9.17) is 0 Å². The number of nitrogens with zero attached hydrogens (tertiary/aromatic N) is 2. The van der Waals surface area contributed by atoms with Crippen LogP contribution in [0.2, 0.25) is 0 Å². The van der Waals surface area contributed by atoms with E-state index in [-0.39, 0.29) is 6.61 Å². The van der Waals surface area contributed by atoms with Gasteiger partial charge in [0.1, 0.15) is 6.33 Å². The second-order valence-corrected chi connectivity index (χ2v) is 3.01. The zero-order valence-electron chi connectivity index (χ0n) is 6.37. The first-order valence-electron chi connectivity index (χ1n) is 3.21. The first-order chi connectivity index (χ1) is 5.64. The van der Waals surface area contributed by atoms with Crippen molar-refractivity contribution in [3.63, 3.8) is 0 Å².